The average molecular weight is 379 g/mol. The number of benzene rings is 2. The van der Waals surface area contributed by atoms with Crippen molar-refractivity contribution in [1.29, 1.82) is 0 Å². The standard InChI is InChI=1S/C22H25N3O3/c1-4-25-16(3)23-19-13-18(8-9-20(19)25)22(28)24(14-21(26)27)11-10-17-7-5-6-15(2)12-17/h5-9,12-13H,4,10-11,14H2,1-3H3,(H,26,27). The van der Waals surface area contributed by atoms with Crippen LogP contribution in [0.4, 0.5) is 0 Å². The van der Waals surface area contributed by atoms with Gasteiger partial charge in [0, 0.05) is 18.7 Å². The van der Waals surface area contributed by atoms with Crippen LogP contribution in [-0.2, 0) is 17.8 Å². The highest BCUT2D eigenvalue weighted by atomic mass is 16.4. The number of fused-ring (bicyclic) bond motifs is 1. The molecule has 1 heterocycles. The number of aromatic nitrogens is 2. The van der Waals surface area contributed by atoms with E-state index >= 15 is 0 Å². The Morgan fingerprint density at radius 2 is 1.93 bits per heavy atom. The molecule has 0 aliphatic carbocycles. The van der Waals surface area contributed by atoms with Crippen LogP contribution in [0.25, 0.3) is 11.0 Å². The number of carbonyl (C=O) groups is 2. The summed E-state index contributed by atoms with van der Waals surface area (Å²) in [4.78, 5) is 30.2. The fourth-order valence-corrected chi connectivity index (χ4v) is 3.51. The average Bonchev–Trinajstić information content (AvgIpc) is 2.98. The summed E-state index contributed by atoms with van der Waals surface area (Å²) in [6.45, 7) is 6.81. The van der Waals surface area contributed by atoms with Crippen molar-refractivity contribution >= 4 is 22.9 Å². The summed E-state index contributed by atoms with van der Waals surface area (Å²) < 4.78 is 2.08. The largest absolute Gasteiger partial charge is 0.480 e. The first-order chi connectivity index (χ1) is 13.4. The van der Waals surface area contributed by atoms with Crippen molar-refractivity contribution in [3.8, 4) is 0 Å². The van der Waals surface area contributed by atoms with Crippen molar-refractivity contribution in [2.45, 2.75) is 33.7 Å². The van der Waals surface area contributed by atoms with E-state index < -0.39 is 5.97 Å². The maximum absolute atomic E-state index is 13.0. The highest BCUT2D eigenvalue weighted by Gasteiger charge is 2.20. The topological polar surface area (TPSA) is 75.4 Å². The molecular formula is C22H25N3O3. The summed E-state index contributed by atoms with van der Waals surface area (Å²) in [6, 6.07) is 13.4. The molecule has 1 amide bonds. The molecule has 3 aromatic rings. The highest BCUT2D eigenvalue weighted by molar-refractivity contribution is 5.98. The molecule has 6 nitrogen and oxygen atoms in total. The second-order valence-corrected chi connectivity index (χ2v) is 6.97. The number of nitrogens with zero attached hydrogens (tertiary/aromatic N) is 3. The van der Waals surface area contributed by atoms with Gasteiger partial charge in [0.1, 0.15) is 12.4 Å². The summed E-state index contributed by atoms with van der Waals surface area (Å²) in [6.07, 6.45) is 0.604. The third-order valence-corrected chi connectivity index (χ3v) is 4.87. The number of aliphatic carboxylic acids is 1. The highest BCUT2D eigenvalue weighted by Crippen LogP contribution is 2.19. The molecule has 3 rings (SSSR count). The van der Waals surface area contributed by atoms with Crippen molar-refractivity contribution in [3.63, 3.8) is 0 Å². The Balaban J connectivity index is 1.84. The number of carbonyl (C=O) groups excluding carboxylic acids is 1. The second kappa shape index (κ2) is 8.25. The van der Waals surface area contributed by atoms with Gasteiger partial charge in [0.15, 0.2) is 0 Å². The monoisotopic (exact) mass is 379 g/mol. The van der Waals surface area contributed by atoms with Gasteiger partial charge in [-0.1, -0.05) is 29.8 Å². The number of hydrogen-bond donors (Lipinski definition) is 1. The fourth-order valence-electron chi connectivity index (χ4n) is 3.51. The SMILES string of the molecule is CCn1c(C)nc2cc(C(=O)N(CCc3cccc(C)c3)CC(=O)O)ccc21. The molecule has 0 atom stereocenters. The van der Waals surface area contributed by atoms with E-state index in [0.29, 0.717) is 18.5 Å². The Kier molecular flexibility index (Phi) is 5.78. The summed E-state index contributed by atoms with van der Waals surface area (Å²) in [5.74, 6) is -0.422. The second-order valence-electron chi connectivity index (χ2n) is 6.97. The van der Waals surface area contributed by atoms with Crippen LogP contribution in [0.5, 0.6) is 0 Å². The molecule has 0 spiro atoms. The summed E-state index contributed by atoms with van der Waals surface area (Å²) in [5, 5.41) is 9.25. The van der Waals surface area contributed by atoms with Gasteiger partial charge in [-0.2, -0.15) is 0 Å². The van der Waals surface area contributed by atoms with Gasteiger partial charge < -0.3 is 14.6 Å². The fraction of sp³-hybridized carbons (Fsp3) is 0.318. The zero-order valence-electron chi connectivity index (χ0n) is 16.5. The van der Waals surface area contributed by atoms with Gasteiger partial charge in [0.2, 0.25) is 0 Å². The molecule has 0 aliphatic rings. The predicted octanol–water partition coefficient (Wildman–Crippen LogP) is 3.44. The molecule has 0 bridgehead atoms. The van der Waals surface area contributed by atoms with Crippen LogP contribution < -0.4 is 0 Å². The van der Waals surface area contributed by atoms with Crippen LogP contribution in [0.3, 0.4) is 0 Å². The first kappa shape index (κ1) is 19.6. The van der Waals surface area contributed by atoms with E-state index in [1.54, 1.807) is 12.1 Å². The number of hydrogen-bond acceptors (Lipinski definition) is 3. The molecule has 146 valence electrons. The van der Waals surface area contributed by atoms with Gasteiger partial charge in [0.25, 0.3) is 5.91 Å². The van der Waals surface area contributed by atoms with Gasteiger partial charge in [-0.25, -0.2) is 4.98 Å². The molecule has 0 fully saturated rings. The number of aryl methyl sites for hydroxylation is 3. The number of carboxylic acid groups (broad SMARTS) is 1. The normalized spacial score (nSPS) is 11.0. The smallest absolute Gasteiger partial charge is 0.323 e. The number of rotatable bonds is 7. The quantitative estimate of drug-likeness (QED) is 0.682. The van der Waals surface area contributed by atoms with Crippen molar-refractivity contribution in [2.75, 3.05) is 13.1 Å². The Morgan fingerprint density at radius 3 is 2.61 bits per heavy atom. The van der Waals surface area contributed by atoms with Crippen LogP contribution >= 0.6 is 0 Å². The van der Waals surface area contributed by atoms with Crippen molar-refractivity contribution in [1.82, 2.24) is 14.5 Å². The van der Waals surface area contributed by atoms with E-state index in [1.807, 2.05) is 45.0 Å². The molecule has 6 heteroatoms. The molecule has 1 aromatic heterocycles. The Labute approximate surface area is 164 Å². The molecule has 28 heavy (non-hydrogen) atoms. The maximum Gasteiger partial charge on any atom is 0.323 e. The van der Waals surface area contributed by atoms with E-state index in [-0.39, 0.29) is 12.5 Å². The van der Waals surface area contributed by atoms with Crippen LogP contribution in [-0.4, -0.2) is 44.5 Å². The zero-order valence-corrected chi connectivity index (χ0v) is 16.5. The minimum atomic E-state index is -1.02. The van der Waals surface area contributed by atoms with Gasteiger partial charge in [-0.05, 0) is 51.0 Å². The molecule has 2 aromatic carbocycles. The van der Waals surface area contributed by atoms with Crippen LogP contribution in [0.15, 0.2) is 42.5 Å². The Hall–Kier alpha value is -3.15. The number of imidazole rings is 1. The van der Waals surface area contributed by atoms with Crippen molar-refractivity contribution < 1.29 is 14.7 Å². The van der Waals surface area contributed by atoms with Gasteiger partial charge >= 0.3 is 5.97 Å². The molecule has 1 N–H and O–H groups in total. The van der Waals surface area contributed by atoms with Crippen LogP contribution in [0, 0.1) is 13.8 Å². The lowest BCUT2D eigenvalue weighted by molar-refractivity contribution is -0.137. The lowest BCUT2D eigenvalue weighted by atomic mass is 10.1. The summed E-state index contributed by atoms with van der Waals surface area (Å²) in [7, 11) is 0. The lowest BCUT2D eigenvalue weighted by Gasteiger charge is -2.21. The summed E-state index contributed by atoms with van der Waals surface area (Å²) >= 11 is 0. The molecule has 0 saturated carbocycles. The zero-order chi connectivity index (χ0) is 20.3. The first-order valence-corrected chi connectivity index (χ1v) is 9.42. The minimum absolute atomic E-state index is 0.291. The molecule has 0 saturated heterocycles. The van der Waals surface area contributed by atoms with E-state index in [4.69, 9.17) is 0 Å². The van der Waals surface area contributed by atoms with E-state index in [2.05, 4.69) is 15.6 Å². The third-order valence-electron chi connectivity index (χ3n) is 4.87. The number of amides is 1. The van der Waals surface area contributed by atoms with E-state index in [0.717, 1.165) is 34.5 Å². The molecule has 0 unspecified atom stereocenters. The van der Waals surface area contributed by atoms with E-state index in [9.17, 15) is 14.7 Å². The minimum Gasteiger partial charge on any atom is -0.480 e. The van der Waals surface area contributed by atoms with Crippen molar-refractivity contribution in [3.05, 3.63) is 65.0 Å². The van der Waals surface area contributed by atoms with E-state index in [1.165, 1.54) is 4.90 Å². The Bertz CT molecular complexity index is 1020. The van der Waals surface area contributed by atoms with Crippen molar-refractivity contribution in [2.24, 2.45) is 0 Å². The maximum atomic E-state index is 13.0. The number of carboxylic acids is 1. The van der Waals surface area contributed by atoms with Gasteiger partial charge in [-0.15, -0.1) is 0 Å². The predicted molar refractivity (Wildman–Crippen MR) is 109 cm³/mol. The third kappa shape index (κ3) is 4.22. The van der Waals surface area contributed by atoms with Crippen LogP contribution in [0.1, 0.15) is 34.2 Å². The Morgan fingerprint density at radius 1 is 1.14 bits per heavy atom. The molecule has 0 radical (unpaired) electrons. The molecular weight excluding hydrogens is 354 g/mol. The van der Waals surface area contributed by atoms with Crippen LogP contribution in [0.2, 0.25) is 0 Å². The summed E-state index contributed by atoms with van der Waals surface area (Å²) in [5.41, 5.74) is 4.40. The van der Waals surface area contributed by atoms with Gasteiger partial charge in [0.05, 0.1) is 11.0 Å². The first-order valence-electron chi connectivity index (χ1n) is 9.42. The van der Waals surface area contributed by atoms with Gasteiger partial charge in [-0.3, -0.25) is 9.59 Å². The molecule has 0 aliphatic heterocycles. The lowest BCUT2D eigenvalue weighted by Crippen LogP contribution is -2.37.